The molecule has 102 valence electrons. The minimum absolute atomic E-state index is 0.0484. The van der Waals surface area contributed by atoms with Gasteiger partial charge in [0.05, 0.1) is 5.69 Å². The Kier molecular flexibility index (Phi) is 3.09. The Balaban J connectivity index is 2.43. The summed E-state index contributed by atoms with van der Waals surface area (Å²) in [4.78, 5) is 15.2. The summed E-state index contributed by atoms with van der Waals surface area (Å²) in [6, 6.07) is 0. The topological polar surface area (TPSA) is 107 Å². The monoisotopic (exact) mass is 265 g/mol. The van der Waals surface area contributed by atoms with Crippen molar-refractivity contribution in [3.63, 3.8) is 0 Å². The quantitative estimate of drug-likeness (QED) is 0.882. The van der Waals surface area contributed by atoms with E-state index in [-0.39, 0.29) is 12.2 Å². The highest BCUT2D eigenvalue weighted by Crippen LogP contribution is 2.25. The smallest absolute Gasteiger partial charge is 0.358 e. The van der Waals surface area contributed by atoms with E-state index in [0.717, 1.165) is 0 Å². The van der Waals surface area contributed by atoms with Gasteiger partial charge in [0.15, 0.2) is 11.5 Å². The van der Waals surface area contributed by atoms with Crippen molar-refractivity contribution in [2.45, 2.75) is 39.7 Å². The fourth-order valence-electron chi connectivity index (χ4n) is 1.85. The molecular formula is C11H15N5O3. The van der Waals surface area contributed by atoms with Crippen molar-refractivity contribution in [1.82, 2.24) is 25.1 Å². The summed E-state index contributed by atoms with van der Waals surface area (Å²) < 4.78 is 6.37. The second kappa shape index (κ2) is 4.45. The van der Waals surface area contributed by atoms with E-state index >= 15 is 0 Å². The Morgan fingerprint density at radius 1 is 1.42 bits per heavy atom. The van der Waals surface area contributed by atoms with Gasteiger partial charge in [-0.3, -0.25) is 0 Å². The molecule has 0 saturated carbocycles. The van der Waals surface area contributed by atoms with Crippen molar-refractivity contribution in [2.24, 2.45) is 0 Å². The maximum atomic E-state index is 11.2. The second-order valence-corrected chi connectivity index (χ2v) is 5.23. The summed E-state index contributed by atoms with van der Waals surface area (Å²) in [7, 11) is 0. The average Bonchev–Trinajstić information content (AvgIpc) is 2.84. The largest absolute Gasteiger partial charge is 0.476 e. The van der Waals surface area contributed by atoms with Crippen LogP contribution in [-0.2, 0) is 12.0 Å². The molecule has 0 aliphatic carbocycles. The number of carbonyl (C=O) groups is 1. The first-order chi connectivity index (χ1) is 8.79. The summed E-state index contributed by atoms with van der Waals surface area (Å²) >= 11 is 0. The molecule has 2 heterocycles. The minimum atomic E-state index is -1.10. The van der Waals surface area contributed by atoms with Crippen LogP contribution in [0.2, 0.25) is 0 Å². The maximum Gasteiger partial charge on any atom is 0.358 e. The zero-order valence-electron chi connectivity index (χ0n) is 11.2. The first-order valence-corrected chi connectivity index (χ1v) is 5.75. The third-order valence-corrected chi connectivity index (χ3v) is 2.51. The van der Waals surface area contributed by atoms with E-state index < -0.39 is 11.4 Å². The minimum Gasteiger partial charge on any atom is -0.476 e. The molecule has 1 N–H and O–H groups in total. The highest BCUT2D eigenvalue weighted by atomic mass is 16.5. The van der Waals surface area contributed by atoms with Gasteiger partial charge in [0, 0.05) is 12.3 Å². The van der Waals surface area contributed by atoms with Crippen LogP contribution in [0.1, 0.15) is 48.7 Å². The van der Waals surface area contributed by atoms with Crippen molar-refractivity contribution >= 4 is 5.97 Å². The molecule has 8 nitrogen and oxygen atoms in total. The lowest BCUT2D eigenvalue weighted by Crippen LogP contribution is -2.22. The fraction of sp³-hybridized carbons (Fsp3) is 0.545. The Hall–Kier alpha value is -2.25. The van der Waals surface area contributed by atoms with Crippen LogP contribution in [0.5, 0.6) is 0 Å². The van der Waals surface area contributed by atoms with Crippen LogP contribution >= 0.6 is 0 Å². The van der Waals surface area contributed by atoms with Gasteiger partial charge >= 0.3 is 5.97 Å². The van der Waals surface area contributed by atoms with E-state index in [4.69, 9.17) is 9.63 Å². The van der Waals surface area contributed by atoms with Gasteiger partial charge in [-0.25, -0.2) is 9.48 Å². The van der Waals surface area contributed by atoms with E-state index in [1.165, 1.54) is 4.68 Å². The SMILES string of the molecule is Cc1nc(Cn2nnc(C(=O)O)c2C(C)(C)C)no1. The second-order valence-electron chi connectivity index (χ2n) is 5.23. The first kappa shape index (κ1) is 13.2. The number of hydrogen-bond acceptors (Lipinski definition) is 6. The van der Waals surface area contributed by atoms with Crippen molar-refractivity contribution in [1.29, 1.82) is 0 Å². The summed E-state index contributed by atoms with van der Waals surface area (Å²) in [5, 5.41) is 20.5. The third-order valence-electron chi connectivity index (χ3n) is 2.51. The van der Waals surface area contributed by atoms with Gasteiger partial charge < -0.3 is 9.63 Å². The summed E-state index contributed by atoms with van der Waals surface area (Å²) in [6.45, 7) is 7.61. The number of aryl methyl sites for hydroxylation is 1. The van der Waals surface area contributed by atoms with Crippen molar-refractivity contribution in [3.05, 3.63) is 23.1 Å². The van der Waals surface area contributed by atoms with Crippen LogP contribution in [0.4, 0.5) is 0 Å². The van der Waals surface area contributed by atoms with Crippen LogP contribution in [0.25, 0.3) is 0 Å². The van der Waals surface area contributed by atoms with E-state index in [1.54, 1.807) is 6.92 Å². The van der Waals surface area contributed by atoms with E-state index in [1.807, 2.05) is 20.8 Å². The molecule has 0 aromatic carbocycles. The molecule has 0 spiro atoms. The van der Waals surface area contributed by atoms with E-state index in [0.29, 0.717) is 17.4 Å². The molecule has 2 aromatic rings. The van der Waals surface area contributed by atoms with Crippen LogP contribution in [0.3, 0.4) is 0 Å². The molecule has 2 rings (SSSR count). The Bertz CT molecular complexity index is 608. The molecule has 0 aliphatic heterocycles. The molecule has 8 heteroatoms. The summed E-state index contributed by atoms with van der Waals surface area (Å²) in [5.74, 6) is -0.212. The van der Waals surface area contributed by atoms with E-state index in [2.05, 4.69) is 20.5 Å². The highest BCUT2D eigenvalue weighted by Gasteiger charge is 2.29. The lowest BCUT2D eigenvalue weighted by molar-refractivity contribution is 0.0687. The predicted molar refractivity (Wildman–Crippen MR) is 63.8 cm³/mol. The zero-order chi connectivity index (χ0) is 14.2. The first-order valence-electron chi connectivity index (χ1n) is 5.75. The molecule has 0 unspecified atom stereocenters. The van der Waals surface area contributed by atoms with Gasteiger partial charge in [0.25, 0.3) is 0 Å². The molecule has 19 heavy (non-hydrogen) atoms. The van der Waals surface area contributed by atoms with Crippen molar-refractivity contribution in [3.8, 4) is 0 Å². The Morgan fingerprint density at radius 2 is 2.11 bits per heavy atom. The molecule has 0 fully saturated rings. The van der Waals surface area contributed by atoms with Crippen molar-refractivity contribution in [2.75, 3.05) is 0 Å². The molecule has 0 amide bonds. The van der Waals surface area contributed by atoms with Crippen LogP contribution in [0.15, 0.2) is 4.52 Å². The fourth-order valence-corrected chi connectivity index (χ4v) is 1.85. The number of aromatic carboxylic acids is 1. The lowest BCUT2D eigenvalue weighted by Gasteiger charge is -2.19. The van der Waals surface area contributed by atoms with Gasteiger partial charge in [-0.15, -0.1) is 5.10 Å². The Labute approximate surface area is 109 Å². The zero-order valence-corrected chi connectivity index (χ0v) is 11.2. The molecule has 0 atom stereocenters. The summed E-state index contributed by atoms with van der Waals surface area (Å²) in [5.41, 5.74) is 0.0749. The third kappa shape index (κ3) is 2.61. The van der Waals surface area contributed by atoms with Gasteiger partial charge in [0.1, 0.15) is 6.54 Å². The lowest BCUT2D eigenvalue weighted by atomic mass is 9.90. The number of carboxylic acid groups (broad SMARTS) is 1. The van der Waals surface area contributed by atoms with Gasteiger partial charge in [-0.2, -0.15) is 4.98 Å². The summed E-state index contributed by atoms with van der Waals surface area (Å²) in [6.07, 6.45) is 0. The number of aromatic nitrogens is 5. The predicted octanol–water partition coefficient (Wildman–Crippen LogP) is 1.01. The molecule has 0 bridgehead atoms. The van der Waals surface area contributed by atoms with Crippen LogP contribution in [0, 0.1) is 6.92 Å². The van der Waals surface area contributed by atoms with Gasteiger partial charge in [0.2, 0.25) is 5.89 Å². The molecule has 0 saturated heterocycles. The molecule has 2 aromatic heterocycles. The number of carboxylic acids is 1. The number of nitrogens with zero attached hydrogens (tertiary/aromatic N) is 5. The average molecular weight is 265 g/mol. The maximum absolute atomic E-state index is 11.2. The van der Waals surface area contributed by atoms with Gasteiger partial charge in [-0.1, -0.05) is 31.1 Å². The normalized spacial score (nSPS) is 11.8. The number of hydrogen-bond donors (Lipinski definition) is 1. The van der Waals surface area contributed by atoms with Crippen LogP contribution < -0.4 is 0 Å². The van der Waals surface area contributed by atoms with Crippen LogP contribution in [-0.4, -0.2) is 36.2 Å². The van der Waals surface area contributed by atoms with Gasteiger partial charge in [-0.05, 0) is 0 Å². The number of rotatable bonds is 3. The molecule has 0 radical (unpaired) electrons. The Morgan fingerprint density at radius 3 is 2.58 bits per heavy atom. The standard InChI is InChI=1S/C11H15N5O3/c1-6-12-7(14-19-6)5-16-9(11(2,3)4)8(10(17)18)13-15-16/h5H2,1-4H3,(H,17,18). The van der Waals surface area contributed by atoms with E-state index in [9.17, 15) is 4.79 Å². The van der Waals surface area contributed by atoms with Crippen molar-refractivity contribution < 1.29 is 14.4 Å². The molecule has 0 aliphatic rings. The highest BCUT2D eigenvalue weighted by molar-refractivity contribution is 5.86. The molecular weight excluding hydrogens is 250 g/mol.